The molecule has 3 heteroatoms. The first-order chi connectivity index (χ1) is 9.45. The Hall–Kier alpha value is -1.19. The van der Waals surface area contributed by atoms with Crippen molar-refractivity contribution in [1.29, 1.82) is 0 Å². The van der Waals surface area contributed by atoms with Crippen LogP contribution >= 0.6 is 15.9 Å². The van der Waals surface area contributed by atoms with Crippen LogP contribution in [0.3, 0.4) is 0 Å². The van der Waals surface area contributed by atoms with Crippen molar-refractivity contribution in [2.75, 3.05) is 0 Å². The number of aromatic nitrogens is 1. The fraction of sp³-hybridized carbons (Fsp3) is 0.353. The maximum atomic E-state index is 5.78. The average Bonchev–Trinajstić information content (AvgIpc) is 2.38. The molecule has 0 bridgehead atoms. The van der Waals surface area contributed by atoms with Crippen LogP contribution in [0.2, 0.25) is 0 Å². The predicted molar refractivity (Wildman–Crippen MR) is 85.6 cm³/mol. The molecule has 2 nitrogen and oxygen atoms in total. The molecular formula is C17H20BrNO. The van der Waals surface area contributed by atoms with Crippen LogP contribution in [-0.4, -0.2) is 4.98 Å². The number of halogens is 1. The van der Waals surface area contributed by atoms with Gasteiger partial charge in [-0.25, -0.2) is 4.98 Å². The molecule has 0 aliphatic heterocycles. The minimum absolute atomic E-state index is 0.0396. The highest BCUT2D eigenvalue weighted by atomic mass is 79.9. The summed E-state index contributed by atoms with van der Waals surface area (Å²) in [5.41, 5.74) is 3.45. The maximum absolute atomic E-state index is 5.78. The van der Waals surface area contributed by atoms with E-state index in [0.29, 0.717) is 13.2 Å². The lowest BCUT2D eigenvalue weighted by atomic mass is 9.91. The highest BCUT2D eigenvalue weighted by Gasteiger charge is 2.16. The van der Waals surface area contributed by atoms with Crippen molar-refractivity contribution < 1.29 is 4.74 Å². The summed E-state index contributed by atoms with van der Waals surface area (Å²) < 4.78 is 6.64. The molecule has 20 heavy (non-hydrogen) atoms. The first-order valence-electron chi connectivity index (χ1n) is 6.74. The highest BCUT2D eigenvalue weighted by Crippen LogP contribution is 2.24. The first-order valence-corrected chi connectivity index (χ1v) is 7.53. The summed E-state index contributed by atoms with van der Waals surface area (Å²) in [5.74, 6) is 0. The van der Waals surface area contributed by atoms with Crippen LogP contribution in [0.15, 0.2) is 47.1 Å². The van der Waals surface area contributed by atoms with Gasteiger partial charge < -0.3 is 4.74 Å². The molecule has 0 radical (unpaired) electrons. The largest absolute Gasteiger partial charge is 0.372 e. The van der Waals surface area contributed by atoms with Crippen molar-refractivity contribution in [3.8, 4) is 0 Å². The fourth-order valence-electron chi connectivity index (χ4n) is 1.88. The Morgan fingerprint density at radius 1 is 1.00 bits per heavy atom. The second-order valence-corrected chi connectivity index (χ2v) is 6.72. The van der Waals surface area contributed by atoms with Crippen molar-refractivity contribution in [3.05, 3.63) is 63.9 Å². The van der Waals surface area contributed by atoms with E-state index in [4.69, 9.17) is 4.74 Å². The summed E-state index contributed by atoms with van der Waals surface area (Å²) in [6, 6.07) is 14.3. The molecule has 0 fully saturated rings. The molecule has 1 aromatic carbocycles. The minimum Gasteiger partial charge on any atom is -0.372 e. The van der Waals surface area contributed by atoms with E-state index >= 15 is 0 Å². The number of ether oxygens (including phenoxy) is 1. The molecular weight excluding hydrogens is 314 g/mol. The fourth-order valence-corrected chi connectivity index (χ4v) is 2.36. The molecule has 0 aliphatic carbocycles. The lowest BCUT2D eigenvalue weighted by molar-refractivity contribution is 0.107. The van der Waals surface area contributed by atoms with Crippen LogP contribution in [0.5, 0.6) is 0 Å². The van der Waals surface area contributed by atoms with Gasteiger partial charge in [0.15, 0.2) is 0 Å². The Balaban J connectivity index is 2.01. The quantitative estimate of drug-likeness (QED) is 0.745. The van der Waals surface area contributed by atoms with Gasteiger partial charge in [-0.2, -0.15) is 0 Å². The maximum Gasteiger partial charge on any atom is 0.106 e. The van der Waals surface area contributed by atoms with Gasteiger partial charge in [-0.15, -0.1) is 0 Å². The molecule has 0 saturated carbocycles. The number of benzene rings is 1. The minimum atomic E-state index is 0.0396. The molecule has 0 unspecified atom stereocenters. The molecule has 106 valence electrons. The van der Waals surface area contributed by atoms with Crippen LogP contribution in [0.1, 0.15) is 37.6 Å². The van der Waals surface area contributed by atoms with Gasteiger partial charge in [-0.05, 0) is 39.2 Å². The molecule has 2 rings (SSSR count). The van der Waals surface area contributed by atoms with Crippen molar-refractivity contribution in [2.45, 2.75) is 39.4 Å². The summed E-state index contributed by atoms with van der Waals surface area (Å²) in [6.07, 6.45) is 0. The van der Waals surface area contributed by atoms with Crippen molar-refractivity contribution in [2.24, 2.45) is 0 Å². The smallest absolute Gasteiger partial charge is 0.106 e. The topological polar surface area (TPSA) is 22.1 Å². The van der Waals surface area contributed by atoms with E-state index in [9.17, 15) is 0 Å². The van der Waals surface area contributed by atoms with Gasteiger partial charge in [0.25, 0.3) is 0 Å². The second kappa shape index (κ2) is 6.51. The van der Waals surface area contributed by atoms with Crippen LogP contribution in [0, 0.1) is 0 Å². The van der Waals surface area contributed by atoms with E-state index in [1.807, 2.05) is 24.3 Å². The third kappa shape index (κ3) is 4.43. The Kier molecular flexibility index (Phi) is 4.95. The summed E-state index contributed by atoms with van der Waals surface area (Å²) in [7, 11) is 0. The Morgan fingerprint density at radius 2 is 1.65 bits per heavy atom. The number of pyridine rings is 1. The summed E-state index contributed by atoms with van der Waals surface area (Å²) in [6.45, 7) is 7.72. The summed E-state index contributed by atoms with van der Waals surface area (Å²) in [4.78, 5) is 4.53. The van der Waals surface area contributed by atoms with E-state index < -0.39 is 0 Å². The molecule has 1 heterocycles. The third-order valence-electron chi connectivity index (χ3n) is 3.00. The molecule has 2 aromatic rings. The van der Waals surface area contributed by atoms with Crippen LogP contribution < -0.4 is 0 Å². The van der Waals surface area contributed by atoms with E-state index in [2.05, 4.69) is 59.9 Å². The van der Waals surface area contributed by atoms with Gasteiger partial charge in [0, 0.05) is 11.1 Å². The SMILES string of the molecule is CC(C)(C)c1cc(COCc2ccccc2)cc(Br)n1. The average molecular weight is 334 g/mol. The van der Waals surface area contributed by atoms with Gasteiger partial charge in [0.05, 0.1) is 13.2 Å². The first kappa shape index (κ1) is 15.2. The van der Waals surface area contributed by atoms with E-state index in [0.717, 1.165) is 15.9 Å². The van der Waals surface area contributed by atoms with Crippen LogP contribution in [0.25, 0.3) is 0 Å². The second-order valence-electron chi connectivity index (χ2n) is 5.91. The van der Waals surface area contributed by atoms with Gasteiger partial charge in [0.2, 0.25) is 0 Å². The third-order valence-corrected chi connectivity index (χ3v) is 3.41. The van der Waals surface area contributed by atoms with E-state index in [1.54, 1.807) is 0 Å². The number of hydrogen-bond acceptors (Lipinski definition) is 2. The number of nitrogens with zero attached hydrogens (tertiary/aromatic N) is 1. The normalized spacial score (nSPS) is 11.6. The number of hydrogen-bond donors (Lipinski definition) is 0. The molecule has 0 aliphatic rings. The Morgan fingerprint density at radius 3 is 2.30 bits per heavy atom. The summed E-state index contributed by atoms with van der Waals surface area (Å²) >= 11 is 3.48. The zero-order valence-electron chi connectivity index (χ0n) is 12.2. The molecule has 0 spiro atoms. The van der Waals surface area contributed by atoms with E-state index in [-0.39, 0.29) is 5.41 Å². The van der Waals surface area contributed by atoms with Crippen molar-refractivity contribution >= 4 is 15.9 Å². The standard InChI is InChI=1S/C17H20BrNO/c1-17(2,3)15-9-14(10-16(18)19-15)12-20-11-13-7-5-4-6-8-13/h4-10H,11-12H2,1-3H3. The predicted octanol–water partition coefficient (Wildman–Crippen LogP) is 4.86. The summed E-state index contributed by atoms with van der Waals surface area (Å²) in [5, 5.41) is 0. The molecule has 0 saturated heterocycles. The molecule has 0 amide bonds. The number of rotatable bonds is 4. The Bertz CT molecular complexity index is 561. The highest BCUT2D eigenvalue weighted by molar-refractivity contribution is 9.10. The van der Waals surface area contributed by atoms with E-state index in [1.165, 1.54) is 5.56 Å². The molecule has 0 N–H and O–H groups in total. The van der Waals surface area contributed by atoms with Gasteiger partial charge >= 0.3 is 0 Å². The zero-order valence-corrected chi connectivity index (χ0v) is 13.8. The zero-order chi connectivity index (χ0) is 14.6. The molecule has 0 atom stereocenters. The monoisotopic (exact) mass is 333 g/mol. The lowest BCUT2D eigenvalue weighted by Crippen LogP contribution is -2.14. The van der Waals surface area contributed by atoms with Crippen molar-refractivity contribution in [3.63, 3.8) is 0 Å². The molecule has 1 aromatic heterocycles. The van der Waals surface area contributed by atoms with Crippen LogP contribution in [-0.2, 0) is 23.4 Å². The lowest BCUT2D eigenvalue weighted by Gasteiger charge is -2.19. The van der Waals surface area contributed by atoms with Gasteiger partial charge in [-0.3, -0.25) is 0 Å². The Labute approximate surface area is 129 Å². The van der Waals surface area contributed by atoms with Gasteiger partial charge in [0.1, 0.15) is 4.60 Å². The van der Waals surface area contributed by atoms with Gasteiger partial charge in [-0.1, -0.05) is 51.1 Å². The van der Waals surface area contributed by atoms with Crippen LogP contribution in [0.4, 0.5) is 0 Å². The van der Waals surface area contributed by atoms with Crippen molar-refractivity contribution in [1.82, 2.24) is 4.98 Å².